The molecule has 0 aliphatic carbocycles. The number of aliphatic hydroxyl groups excluding tert-OH is 8. The average molecular weight is 445 g/mol. The van der Waals surface area contributed by atoms with Gasteiger partial charge in [0.05, 0.1) is 26.4 Å². The van der Waals surface area contributed by atoms with Crippen LogP contribution in [0.4, 0.5) is 0 Å². The van der Waals surface area contributed by atoms with Crippen LogP contribution in [0.3, 0.4) is 0 Å². The van der Waals surface area contributed by atoms with Gasteiger partial charge in [0.15, 0.2) is 14.0 Å². The summed E-state index contributed by atoms with van der Waals surface area (Å²) in [5, 5.41) is 77.3. The first-order chi connectivity index (χ1) is 14.6. The maximum atomic E-state index is 11.0. The number of aliphatic hydroxyl groups is 8. The largest absolute Gasteiger partial charge is 0.460 e. The number of carbonyl (C=O) groups is 1. The Morgan fingerprint density at radius 3 is 1.50 bits per heavy atom. The third-order valence-electron chi connectivity index (χ3n) is 4.80. The summed E-state index contributed by atoms with van der Waals surface area (Å²) in [6.45, 7) is -2.47. The summed E-state index contributed by atoms with van der Waals surface area (Å²) in [4.78, 5) is 11.0. The van der Waals surface area contributed by atoms with Crippen LogP contribution in [0.5, 0.6) is 0 Å². The van der Waals surface area contributed by atoms with Gasteiger partial charge in [-0.15, -0.1) is 0 Å². The summed E-state index contributed by atoms with van der Waals surface area (Å²) in [5.74, 6) is 0. The fourth-order valence-corrected chi connectivity index (χ4v) is 3.00. The van der Waals surface area contributed by atoms with Gasteiger partial charge in [0.25, 0.3) is 6.45 Å². The lowest BCUT2D eigenvalue weighted by Crippen LogP contribution is -2.60. The first-order valence-electron chi connectivity index (χ1n) is 9.62. The fourth-order valence-electron chi connectivity index (χ4n) is 3.00. The van der Waals surface area contributed by atoms with Crippen LogP contribution in [-0.2, 0) is 28.5 Å². The van der Waals surface area contributed by atoms with Crippen molar-refractivity contribution in [3.05, 3.63) is 0 Å². The highest BCUT2D eigenvalue weighted by Gasteiger charge is 2.45. The van der Waals surface area contributed by atoms with E-state index in [2.05, 4.69) is 4.74 Å². The molecule has 2 aliphatic rings. The highest BCUT2D eigenvalue weighted by Crippen LogP contribution is 2.24. The molecule has 2 fully saturated rings. The van der Waals surface area contributed by atoms with E-state index in [0.717, 1.165) is 0 Å². The Bertz CT molecular complexity index is 524. The molecule has 0 unspecified atom stereocenters. The second-order valence-electron chi connectivity index (χ2n) is 6.88. The zero-order chi connectivity index (χ0) is 23.3. The molecule has 0 amide bonds. The quantitative estimate of drug-likeness (QED) is 0.155. The predicted octanol–water partition coefficient (Wildman–Crippen LogP) is -5.84. The Hall–Kier alpha value is -1.01. The maximum Gasteiger partial charge on any atom is 0.293 e. The minimum absolute atomic E-state index is 0.551. The van der Waals surface area contributed by atoms with E-state index in [1.54, 1.807) is 0 Å². The summed E-state index contributed by atoms with van der Waals surface area (Å²) in [6, 6.07) is 0. The SMILES string of the molecule is [2H]C(=O)OC(CO[C@@H]1O[C@H](CO)[C@@H](O)[C@H](O)[C@H]1O)CO[C@@H]1O[C@H](CO)[C@@H](O)[C@H](O)[C@H]1O. The van der Waals surface area contributed by atoms with Crippen LogP contribution in [0.15, 0.2) is 0 Å². The Balaban J connectivity index is 1.95. The van der Waals surface area contributed by atoms with Crippen molar-refractivity contribution in [1.82, 2.24) is 0 Å². The molecule has 0 saturated carbocycles. The lowest BCUT2D eigenvalue weighted by molar-refractivity contribution is -0.314. The van der Waals surface area contributed by atoms with Crippen molar-refractivity contribution in [3.8, 4) is 0 Å². The molecule has 0 aromatic heterocycles. The molecule has 0 bridgehead atoms. The number of ether oxygens (including phenoxy) is 5. The molecule has 10 atom stereocenters. The summed E-state index contributed by atoms with van der Waals surface area (Å²) in [6.07, 6.45) is -18.3. The van der Waals surface area contributed by atoms with Crippen LogP contribution in [-0.4, -0.2) is 141 Å². The van der Waals surface area contributed by atoms with Crippen LogP contribution < -0.4 is 0 Å². The Labute approximate surface area is 172 Å². The molecule has 14 heteroatoms. The standard InChI is InChI=1S/C16H28O14/c17-1-7-9(20)11(22)13(24)15(29-7)26-3-6(28-5-19)4-27-16-14(25)12(23)10(21)8(2-18)30-16/h5-18,20-25H,1-4H2/t7-,8-,9-,10-,11+,12+,13-,14-,15-,16-/m1/s1/i5D. The normalized spacial score (nSPS) is 42.8. The van der Waals surface area contributed by atoms with Crippen molar-refractivity contribution < 1.29 is 70.7 Å². The molecule has 2 aliphatic heterocycles. The average Bonchev–Trinajstić information content (AvgIpc) is 2.74. The molecule has 0 radical (unpaired) electrons. The molecule has 2 rings (SSSR count). The van der Waals surface area contributed by atoms with Gasteiger partial charge in [-0.05, 0) is 0 Å². The Morgan fingerprint density at radius 2 is 1.17 bits per heavy atom. The van der Waals surface area contributed by atoms with Gasteiger partial charge in [-0.1, -0.05) is 0 Å². The molecule has 0 aromatic carbocycles. The predicted molar refractivity (Wildman–Crippen MR) is 90.4 cm³/mol. The van der Waals surface area contributed by atoms with Crippen molar-refractivity contribution in [2.45, 2.75) is 67.5 Å². The third-order valence-corrected chi connectivity index (χ3v) is 4.80. The monoisotopic (exact) mass is 445 g/mol. The zero-order valence-electron chi connectivity index (χ0n) is 16.7. The number of carbonyl (C=O) groups excluding carboxylic acids is 1. The molecule has 176 valence electrons. The molecule has 2 saturated heterocycles. The smallest absolute Gasteiger partial charge is 0.293 e. The van der Waals surface area contributed by atoms with Gasteiger partial charge >= 0.3 is 0 Å². The van der Waals surface area contributed by atoms with Crippen LogP contribution in [0.1, 0.15) is 1.37 Å². The second-order valence-corrected chi connectivity index (χ2v) is 6.88. The molecular weight excluding hydrogens is 416 g/mol. The van der Waals surface area contributed by atoms with E-state index in [1.165, 1.54) is 0 Å². The molecule has 8 N–H and O–H groups in total. The van der Waals surface area contributed by atoms with Crippen LogP contribution in [0.2, 0.25) is 0 Å². The van der Waals surface area contributed by atoms with E-state index in [4.69, 9.17) is 20.3 Å². The molecular formula is C16H28O14. The molecule has 0 spiro atoms. The van der Waals surface area contributed by atoms with Crippen molar-refractivity contribution in [2.24, 2.45) is 0 Å². The van der Waals surface area contributed by atoms with E-state index in [9.17, 15) is 45.6 Å². The van der Waals surface area contributed by atoms with E-state index in [0.29, 0.717) is 0 Å². The van der Waals surface area contributed by atoms with E-state index in [-0.39, 0.29) is 0 Å². The molecule has 30 heavy (non-hydrogen) atoms. The van der Waals surface area contributed by atoms with Gasteiger partial charge in [0, 0.05) is 0 Å². The van der Waals surface area contributed by atoms with E-state index < -0.39 is 100 Å². The van der Waals surface area contributed by atoms with E-state index >= 15 is 0 Å². The van der Waals surface area contributed by atoms with Gasteiger partial charge < -0.3 is 64.5 Å². The minimum Gasteiger partial charge on any atom is -0.460 e. The Kier molecular flexibility index (Phi) is 9.12. The summed E-state index contributed by atoms with van der Waals surface area (Å²) in [7, 11) is 0. The molecule has 14 nitrogen and oxygen atoms in total. The van der Waals surface area contributed by atoms with Crippen molar-refractivity contribution in [3.63, 3.8) is 0 Å². The van der Waals surface area contributed by atoms with Gasteiger partial charge in [-0.2, -0.15) is 0 Å². The summed E-state index contributed by atoms with van der Waals surface area (Å²) < 4.78 is 32.3. The fraction of sp³-hybridized carbons (Fsp3) is 0.938. The van der Waals surface area contributed by atoms with E-state index in [1.807, 2.05) is 0 Å². The number of hydrogen-bond acceptors (Lipinski definition) is 14. The highest BCUT2D eigenvalue weighted by atomic mass is 16.7. The number of hydrogen-bond donors (Lipinski definition) is 8. The maximum absolute atomic E-state index is 11.0. The van der Waals surface area contributed by atoms with Gasteiger partial charge in [0.1, 0.15) is 54.9 Å². The van der Waals surface area contributed by atoms with Crippen LogP contribution in [0, 0.1) is 0 Å². The number of rotatable bonds is 9. The first kappa shape index (κ1) is 23.6. The minimum atomic E-state index is -1.71. The lowest BCUT2D eigenvalue weighted by atomic mass is 9.99. The van der Waals surface area contributed by atoms with Crippen LogP contribution >= 0.6 is 0 Å². The highest BCUT2D eigenvalue weighted by molar-refractivity contribution is 5.37. The van der Waals surface area contributed by atoms with Crippen LogP contribution in [0.25, 0.3) is 0 Å². The topological polar surface area (TPSA) is 225 Å². The summed E-state index contributed by atoms with van der Waals surface area (Å²) in [5.41, 5.74) is 0. The zero-order valence-corrected chi connectivity index (χ0v) is 15.7. The van der Waals surface area contributed by atoms with Gasteiger partial charge in [-0.25, -0.2) is 0 Å². The molecule has 2 heterocycles. The van der Waals surface area contributed by atoms with Gasteiger partial charge in [0.2, 0.25) is 0 Å². The Morgan fingerprint density at radius 1 is 0.767 bits per heavy atom. The molecule has 0 aromatic rings. The first-order valence-corrected chi connectivity index (χ1v) is 9.12. The van der Waals surface area contributed by atoms with Gasteiger partial charge in [-0.3, -0.25) is 4.79 Å². The van der Waals surface area contributed by atoms with Crippen molar-refractivity contribution in [2.75, 3.05) is 26.4 Å². The summed E-state index contributed by atoms with van der Waals surface area (Å²) >= 11 is 0. The second kappa shape index (κ2) is 11.6. The third kappa shape index (κ3) is 5.82. The van der Waals surface area contributed by atoms with Crippen molar-refractivity contribution >= 4 is 6.45 Å². The lowest BCUT2D eigenvalue weighted by Gasteiger charge is -2.40. The van der Waals surface area contributed by atoms with Crippen molar-refractivity contribution in [1.29, 1.82) is 0 Å².